The third-order valence-corrected chi connectivity index (χ3v) is 6.13. The summed E-state index contributed by atoms with van der Waals surface area (Å²) in [5, 5.41) is 37.5. The molecule has 0 spiro atoms. The number of benzene rings is 2. The van der Waals surface area contributed by atoms with Gasteiger partial charge in [0.1, 0.15) is 11.5 Å². The highest BCUT2D eigenvalue weighted by Crippen LogP contribution is 2.12. The molecule has 0 fully saturated rings. The fourth-order valence-electron chi connectivity index (χ4n) is 3.93. The van der Waals surface area contributed by atoms with E-state index in [1.807, 2.05) is 0 Å². The number of hydrogen-bond donors (Lipinski definition) is 11. The molecule has 0 aliphatic heterocycles. The molecule has 43 heavy (non-hydrogen) atoms. The SMILES string of the molecule is C[C@@H](CNC(=O)N[C@H](CNC(N)=O)Cc1ccc(O)cc1)NC(=O)NC[C@H](C)NC(=O)NC[C@@H](N)Cc1ccc(O)cc1. The molecule has 0 aliphatic rings. The number of rotatable bonds is 15. The zero-order valence-corrected chi connectivity index (χ0v) is 24.4. The van der Waals surface area contributed by atoms with Gasteiger partial charge in [0, 0.05) is 44.3 Å². The molecule has 2 aromatic rings. The van der Waals surface area contributed by atoms with Crippen LogP contribution in [0, 0.1) is 0 Å². The van der Waals surface area contributed by atoms with Gasteiger partial charge >= 0.3 is 24.1 Å². The molecule has 0 aliphatic carbocycles. The van der Waals surface area contributed by atoms with Crippen molar-refractivity contribution in [3.63, 3.8) is 0 Å². The summed E-state index contributed by atoms with van der Waals surface area (Å²) in [6.07, 6.45) is 0.903. The smallest absolute Gasteiger partial charge is 0.315 e. The van der Waals surface area contributed by atoms with Crippen LogP contribution in [0.3, 0.4) is 0 Å². The lowest BCUT2D eigenvalue weighted by Crippen LogP contribution is -2.53. The molecule has 8 amide bonds. The summed E-state index contributed by atoms with van der Waals surface area (Å²) in [5.74, 6) is 0.284. The van der Waals surface area contributed by atoms with Gasteiger partial charge in [-0.05, 0) is 62.1 Å². The van der Waals surface area contributed by atoms with Crippen molar-refractivity contribution >= 4 is 24.1 Å². The van der Waals surface area contributed by atoms with Gasteiger partial charge < -0.3 is 58.9 Å². The van der Waals surface area contributed by atoms with Gasteiger partial charge in [0.15, 0.2) is 0 Å². The number of aromatic hydroxyl groups is 2. The Balaban J connectivity index is 1.64. The summed E-state index contributed by atoms with van der Waals surface area (Å²) < 4.78 is 0. The highest BCUT2D eigenvalue weighted by molar-refractivity contribution is 5.76. The third kappa shape index (κ3) is 15.0. The molecule has 4 atom stereocenters. The number of amides is 8. The van der Waals surface area contributed by atoms with Crippen LogP contribution in [0.15, 0.2) is 48.5 Å². The number of nitrogens with two attached hydrogens (primary N) is 2. The Morgan fingerprint density at radius 2 is 1.05 bits per heavy atom. The maximum atomic E-state index is 12.5. The van der Waals surface area contributed by atoms with Crippen LogP contribution in [-0.2, 0) is 12.8 Å². The lowest BCUT2D eigenvalue weighted by Gasteiger charge is -2.21. The van der Waals surface area contributed by atoms with Crippen LogP contribution in [0.25, 0.3) is 0 Å². The van der Waals surface area contributed by atoms with E-state index in [2.05, 4.69) is 37.2 Å². The highest BCUT2D eigenvalue weighted by atomic mass is 16.3. The van der Waals surface area contributed by atoms with E-state index in [9.17, 15) is 29.4 Å². The van der Waals surface area contributed by atoms with Gasteiger partial charge in [0.05, 0.1) is 6.04 Å². The van der Waals surface area contributed by atoms with Crippen LogP contribution in [0.5, 0.6) is 11.5 Å². The first-order valence-electron chi connectivity index (χ1n) is 13.9. The topological polar surface area (TPSA) is 245 Å². The number of carbonyl (C=O) groups is 4. The standard InChI is InChI=1S/C28H43N9O6/c1-17(36-27(42)34-15-21(29)11-19-3-7-23(38)8-4-19)13-32-26(41)35-18(2)14-33-28(43)37-22(16-31-25(30)40)12-20-5-9-24(39)10-6-20/h3-10,17-18,21-22,38-39H,11-16,29H2,1-2H3,(H3,30,31,40)(H2,32,35,41)(H2,33,37,43)(H2,34,36,42)/t17-,18-,21-,22-/m0/s1. The first-order valence-corrected chi connectivity index (χ1v) is 13.9. The molecule has 13 N–H and O–H groups in total. The Morgan fingerprint density at radius 1 is 0.628 bits per heavy atom. The van der Waals surface area contributed by atoms with Crippen LogP contribution >= 0.6 is 0 Å². The summed E-state index contributed by atoms with van der Waals surface area (Å²) in [6.45, 7) is 4.05. The van der Waals surface area contributed by atoms with Crippen molar-refractivity contribution in [2.24, 2.45) is 11.5 Å². The Bertz CT molecular complexity index is 1180. The van der Waals surface area contributed by atoms with Crippen LogP contribution in [0.1, 0.15) is 25.0 Å². The van der Waals surface area contributed by atoms with Crippen molar-refractivity contribution in [2.45, 2.75) is 50.9 Å². The van der Waals surface area contributed by atoms with E-state index < -0.39 is 36.2 Å². The van der Waals surface area contributed by atoms with Crippen molar-refractivity contribution in [2.75, 3.05) is 26.2 Å². The van der Waals surface area contributed by atoms with E-state index in [0.717, 1.165) is 11.1 Å². The predicted octanol–water partition coefficient (Wildman–Crippen LogP) is -0.0782. The second kappa shape index (κ2) is 17.8. The predicted molar refractivity (Wildman–Crippen MR) is 161 cm³/mol. The van der Waals surface area contributed by atoms with Gasteiger partial charge in [-0.3, -0.25) is 0 Å². The van der Waals surface area contributed by atoms with Gasteiger partial charge in [-0.15, -0.1) is 0 Å². The molecule has 2 rings (SSSR count). The molecular weight excluding hydrogens is 558 g/mol. The number of phenolic OH excluding ortho intramolecular Hbond substituents is 2. The van der Waals surface area contributed by atoms with Gasteiger partial charge in [-0.25, -0.2) is 19.2 Å². The molecule has 0 saturated heterocycles. The molecule has 0 aromatic heterocycles. The summed E-state index contributed by atoms with van der Waals surface area (Å²) >= 11 is 0. The molecule has 15 nitrogen and oxygen atoms in total. The van der Waals surface area contributed by atoms with Gasteiger partial charge in [-0.2, -0.15) is 0 Å². The summed E-state index contributed by atoms with van der Waals surface area (Å²) in [5.41, 5.74) is 13.0. The molecule has 236 valence electrons. The van der Waals surface area contributed by atoms with E-state index in [1.165, 1.54) is 12.1 Å². The van der Waals surface area contributed by atoms with Gasteiger partial charge in [0.2, 0.25) is 0 Å². The first kappa shape index (κ1) is 34.3. The van der Waals surface area contributed by atoms with E-state index in [4.69, 9.17) is 11.5 Å². The number of carbonyl (C=O) groups excluding carboxylic acids is 4. The maximum absolute atomic E-state index is 12.5. The minimum Gasteiger partial charge on any atom is -0.508 e. The zero-order chi connectivity index (χ0) is 31.8. The minimum atomic E-state index is -0.724. The fourth-order valence-corrected chi connectivity index (χ4v) is 3.93. The number of phenols is 2. The van der Waals surface area contributed by atoms with Crippen molar-refractivity contribution in [1.29, 1.82) is 0 Å². The Kier molecular flexibility index (Phi) is 14.2. The van der Waals surface area contributed by atoms with Crippen molar-refractivity contribution in [3.05, 3.63) is 59.7 Å². The lowest BCUT2D eigenvalue weighted by atomic mass is 10.1. The molecule has 0 heterocycles. The number of urea groups is 4. The van der Waals surface area contributed by atoms with E-state index in [1.54, 1.807) is 50.2 Å². The maximum Gasteiger partial charge on any atom is 0.315 e. The summed E-state index contributed by atoms with van der Waals surface area (Å²) in [6, 6.07) is 9.42. The Hall–Kier alpha value is -4.92. The first-order chi connectivity index (χ1) is 20.4. The van der Waals surface area contributed by atoms with Crippen molar-refractivity contribution < 1.29 is 29.4 Å². The molecule has 0 radical (unpaired) electrons. The molecule has 0 unspecified atom stereocenters. The van der Waals surface area contributed by atoms with Crippen LogP contribution in [0.4, 0.5) is 19.2 Å². The third-order valence-electron chi connectivity index (χ3n) is 6.13. The average Bonchev–Trinajstić information content (AvgIpc) is 2.95. The van der Waals surface area contributed by atoms with Crippen LogP contribution < -0.4 is 48.7 Å². The van der Waals surface area contributed by atoms with E-state index in [-0.39, 0.29) is 49.8 Å². The number of primary amides is 1. The average molecular weight is 602 g/mol. The number of hydrogen-bond acceptors (Lipinski definition) is 7. The fraction of sp³-hybridized carbons (Fsp3) is 0.429. The van der Waals surface area contributed by atoms with Crippen molar-refractivity contribution in [3.8, 4) is 11.5 Å². The summed E-state index contributed by atoms with van der Waals surface area (Å²) in [4.78, 5) is 48.0. The molecule has 0 bridgehead atoms. The molecule has 0 saturated carbocycles. The molecule has 2 aromatic carbocycles. The second-order valence-corrected chi connectivity index (χ2v) is 10.3. The van der Waals surface area contributed by atoms with Gasteiger partial charge in [0.25, 0.3) is 0 Å². The van der Waals surface area contributed by atoms with Crippen molar-refractivity contribution in [1.82, 2.24) is 37.2 Å². The highest BCUT2D eigenvalue weighted by Gasteiger charge is 2.16. The Morgan fingerprint density at radius 3 is 1.51 bits per heavy atom. The van der Waals surface area contributed by atoms with Crippen LogP contribution in [0.2, 0.25) is 0 Å². The van der Waals surface area contributed by atoms with Gasteiger partial charge in [-0.1, -0.05) is 24.3 Å². The quantitative estimate of drug-likeness (QED) is 0.132. The molecule has 15 heteroatoms. The minimum absolute atomic E-state index is 0.0939. The zero-order valence-electron chi connectivity index (χ0n) is 24.4. The lowest BCUT2D eigenvalue weighted by molar-refractivity contribution is 0.228. The van der Waals surface area contributed by atoms with Crippen LogP contribution in [-0.4, -0.2) is 84.7 Å². The Labute approximate surface area is 250 Å². The molecular formula is C28H43N9O6. The normalized spacial score (nSPS) is 13.4. The summed E-state index contributed by atoms with van der Waals surface area (Å²) in [7, 11) is 0. The number of nitrogens with one attached hydrogen (secondary N) is 7. The second-order valence-electron chi connectivity index (χ2n) is 10.3. The van der Waals surface area contributed by atoms with E-state index >= 15 is 0 Å². The largest absolute Gasteiger partial charge is 0.508 e. The van der Waals surface area contributed by atoms with E-state index in [0.29, 0.717) is 12.8 Å². The monoisotopic (exact) mass is 601 g/mol.